The number of alkyl halides is 2. The topological polar surface area (TPSA) is 61.1 Å². The number of benzene rings is 1. The maximum absolute atomic E-state index is 12.7. The summed E-state index contributed by atoms with van der Waals surface area (Å²) in [4.78, 5) is 10.5. The van der Waals surface area contributed by atoms with Crippen molar-refractivity contribution in [3.8, 4) is 6.07 Å². The minimum absolute atomic E-state index is 0.00775. The quantitative estimate of drug-likeness (QED) is 0.931. The third-order valence-electron chi connectivity index (χ3n) is 1.95. The molecule has 0 spiro atoms. The minimum atomic E-state index is -2.82. The smallest absolute Gasteiger partial charge is 0.307 e. The van der Waals surface area contributed by atoms with Gasteiger partial charge in [-0.25, -0.2) is 8.78 Å². The molecule has 0 aliphatic carbocycles. The molecule has 0 fully saturated rings. The lowest BCUT2D eigenvalue weighted by molar-refractivity contribution is -0.136. The number of aliphatic carboxylic acids is 1. The molecule has 16 heavy (non-hydrogen) atoms. The Morgan fingerprint density at radius 3 is 2.62 bits per heavy atom. The van der Waals surface area contributed by atoms with Crippen molar-refractivity contribution in [3.63, 3.8) is 0 Å². The fraction of sp³-hybridized carbons (Fsp3) is 0.200. The van der Waals surface area contributed by atoms with Crippen molar-refractivity contribution in [1.82, 2.24) is 0 Å². The monoisotopic (exact) mass is 289 g/mol. The SMILES string of the molecule is N#Cc1ccc(CC(=O)O)c(C(F)F)c1Br. The Balaban J connectivity index is 3.35. The molecular weight excluding hydrogens is 284 g/mol. The zero-order valence-electron chi connectivity index (χ0n) is 7.88. The molecule has 0 aromatic heterocycles. The number of carbonyl (C=O) groups is 1. The molecule has 84 valence electrons. The van der Waals surface area contributed by atoms with E-state index < -0.39 is 24.4 Å². The number of rotatable bonds is 3. The summed E-state index contributed by atoms with van der Waals surface area (Å²) in [5.74, 6) is -1.20. The lowest BCUT2D eigenvalue weighted by atomic mass is 10.0. The van der Waals surface area contributed by atoms with E-state index in [0.717, 1.165) is 0 Å². The van der Waals surface area contributed by atoms with E-state index in [1.807, 2.05) is 0 Å². The first kappa shape index (κ1) is 12.6. The van der Waals surface area contributed by atoms with Gasteiger partial charge in [-0.05, 0) is 27.6 Å². The number of halogens is 3. The Morgan fingerprint density at radius 2 is 2.19 bits per heavy atom. The van der Waals surface area contributed by atoms with Crippen LogP contribution in [0.2, 0.25) is 0 Å². The van der Waals surface area contributed by atoms with Crippen molar-refractivity contribution >= 4 is 21.9 Å². The van der Waals surface area contributed by atoms with Crippen LogP contribution in [0, 0.1) is 11.3 Å². The predicted octanol–water partition coefficient (Wildman–Crippen LogP) is 2.89. The van der Waals surface area contributed by atoms with Crippen LogP contribution in [-0.4, -0.2) is 11.1 Å². The van der Waals surface area contributed by atoms with E-state index in [-0.39, 0.29) is 15.6 Å². The highest BCUT2D eigenvalue weighted by molar-refractivity contribution is 9.10. The summed E-state index contributed by atoms with van der Waals surface area (Å²) >= 11 is 2.89. The van der Waals surface area contributed by atoms with Crippen molar-refractivity contribution in [2.24, 2.45) is 0 Å². The van der Waals surface area contributed by atoms with E-state index in [2.05, 4.69) is 15.9 Å². The first-order chi connectivity index (χ1) is 7.47. The number of nitrogens with zero attached hydrogens (tertiary/aromatic N) is 1. The van der Waals surface area contributed by atoms with E-state index >= 15 is 0 Å². The molecular formula is C10H6BrF2NO2. The van der Waals surface area contributed by atoms with Gasteiger partial charge in [-0.3, -0.25) is 4.79 Å². The summed E-state index contributed by atoms with van der Waals surface area (Å²) in [7, 11) is 0. The van der Waals surface area contributed by atoms with Gasteiger partial charge in [-0.15, -0.1) is 0 Å². The number of carboxylic acid groups (broad SMARTS) is 1. The fourth-order valence-electron chi connectivity index (χ4n) is 1.27. The zero-order chi connectivity index (χ0) is 12.3. The zero-order valence-corrected chi connectivity index (χ0v) is 9.46. The summed E-state index contributed by atoms with van der Waals surface area (Å²) < 4.78 is 25.4. The van der Waals surface area contributed by atoms with Gasteiger partial charge in [0.1, 0.15) is 6.07 Å². The average molecular weight is 290 g/mol. The van der Waals surface area contributed by atoms with Crippen LogP contribution in [0.4, 0.5) is 8.78 Å². The molecule has 0 atom stereocenters. The van der Waals surface area contributed by atoms with Crippen LogP contribution in [0.25, 0.3) is 0 Å². The van der Waals surface area contributed by atoms with Gasteiger partial charge in [-0.2, -0.15) is 5.26 Å². The number of hydrogen-bond acceptors (Lipinski definition) is 2. The van der Waals surface area contributed by atoms with Crippen molar-refractivity contribution in [1.29, 1.82) is 5.26 Å². The molecule has 0 saturated heterocycles. The molecule has 0 heterocycles. The van der Waals surface area contributed by atoms with Crippen LogP contribution >= 0.6 is 15.9 Å². The van der Waals surface area contributed by atoms with Gasteiger partial charge in [0.25, 0.3) is 6.43 Å². The largest absolute Gasteiger partial charge is 0.481 e. The Bertz CT molecular complexity index is 469. The Kier molecular flexibility index (Phi) is 3.96. The highest BCUT2D eigenvalue weighted by Crippen LogP contribution is 2.33. The van der Waals surface area contributed by atoms with E-state index in [0.29, 0.717) is 0 Å². The van der Waals surface area contributed by atoms with Gasteiger partial charge in [0.05, 0.1) is 12.0 Å². The fourth-order valence-corrected chi connectivity index (χ4v) is 1.92. The minimum Gasteiger partial charge on any atom is -0.481 e. The van der Waals surface area contributed by atoms with E-state index in [9.17, 15) is 13.6 Å². The number of nitriles is 1. The molecule has 0 saturated carbocycles. The Morgan fingerprint density at radius 1 is 1.56 bits per heavy atom. The van der Waals surface area contributed by atoms with Gasteiger partial charge >= 0.3 is 5.97 Å². The number of carboxylic acids is 1. The standard InChI is InChI=1S/C10H6BrF2NO2/c11-9-6(4-14)2-1-5(3-7(15)16)8(9)10(12)13/h1-2,10H,3H2,(H,15,16). The maximum Gasteiger partial charge on any atom is 0.307 e. The van der Waals surface area contributed by atoms with Crippen molar-refractivity contribution in [2.75, 3.05) is 0 Å². The summed E-state index contributed by atoms with van der Waals surface area (Å²) in [6.07, 6.45) is -3.32. The van der Waals surface area contributed by atoms with Crippen molar-refractivity contribution in [3.05, 3.63) is 33.3 Å². The van der Waals surface area contributed by atoms with Gasteiger partial charge in [-0.1, -0.05) is 6.07 Å². The Hall–Kier alpha value is -1.48. The van der Waals surface area contributed by atoms with Crippen LogP contribution in [0.5, 0.6) is 0 Å². The third kappa shape index (κ3) is 2.55. The molecule has 6 heteroatoms. The summed E-state index contributed by atoms with van der Waals surface area (Å²) in [5.41, 5.74) is -0.362. The summed E-state index contributed by atoms with van der Waals surface area (Å²) in [6, 6.07) is 4.29. The van der Waals surface area contributed by atoms with E-state index in [4.69, 9.17) is 10.4 Å². The van der Waals surface area contributed by atoms with Gasteiger partial charge in [0, 0.05) is 10.0 Å². The summed E-state index contributed by atoms with van der Waals surface area (Å²) in [6.45, 7) is 0. The van der Waals surface area contributed by atoms with Crippen LogP contribution < -0.4 is 0 Å². The molecule has 1 rings (SSSR count). The lowest BCUT2D eigenvalue weighted by Crippen LogP contribution is -2.05. The first-order valence-electron chi connectivity index (χ1n) is 4.18. The van der Waals surface area contributed by atoms with E-state index in [1.165, 1.54) is 12.1 Å². The van der Waals surface area contributed by atoms with Crippen molar-refractivity contribution < 1.29 is 18.7 Å². The molecule has 1 N–H and O–H groups in total. The van der Waals surface area contributed by atoms with Crippen molar-refractivity contribution in [2.45, 2.75) is 12.8 Å². The number of hydrogen-bond donors (Lipinski definition) is 1. The molecule has 0 bridgehead atoms. The van der Waals surface area contributed by atoms with Gasteiger partial charge in [0.15, 0.2) is 0 Å². The molecule has 0 unspecified atom stereocenters. The maximum atomic E-state index is 12.7. The summed E-state index contributed by atoms with van der Waals surface area (Å²) in [5, 5.41) is 17.2. The highest BCUT2D eigenvalue weighted by Gasteiger charge is 2.20. The molecule has 3 nitrogen and oxygen atoms in total. The van der Waals surface area contributed by atoms with Crippen LogP contribution in [0.15, 0.2) is 16.6 Å². The molecule has 0 radical (unpaired) electrons. The molecule has 0 aliphatic heterocycles. The second-order valence-electron chi connectivity index (χ2n) is 2.98. The first-order valence-corrected chi connectivity index (χ1v) is 4.98. The molecule has 1 aromatic rings. The van der Waals surface area contributed by atoms with Gasteiger partial charge < -0.3 is 5.11 Å². The molecule has 1 aromatic carbocycles. The third-order valence-corrected chi connectivity index (χ3v) is 2.80. The molecule has 0 amide bonds. The second-order valence-corrected chi connectivity index (χ2v) is 3.78. The second kappa shape index (κ2) is 5.03. The van der Waals surface area contributed by atoms with Crippen LogP contribution in [-0.2, 0) is 11.2 Å². The average Bonchev–Trinajstić information content (AvgIpc) is 2.16. The Labute approximate surface area is 98.4 Å². The normalized spacial score (nSPS) is 10.2. The van der Waals surface area contributed by atoms with Crippen LogP contribution in [0.1, 0.15) is 23.1 Å². The van der Waals surface area contributed by atoms with Gasteiger partial charge in [0.2, 0.25) is 0 Å². The molecule has 0 aliphatic rings. The highest BCUT2D eigenvalue weighted by atomic mass is 79.9. The van der Waals surface area contributed by atoms with E-state index in [1.54, 1.807) is 6.07 Å². The lowest BCUT2D eigenvalue weighted by Gasteiger charge is -2.10. The predicted molar refractivity (Wildman–Crippen MR) is 55.2 cm³/mol. The van der Waals surface area contributed by atoms with Crippen LogP contribution in [0.3, 0.4) is 0 Å².